The maximum Gasteiger partial charge on any atom is 0.255 e. The molecule has 0 atom stereocenters. The number of halogens is 1. The van der Waals surface area contributed by atoms with Crippen molar-refractivity contribution in [2.75, 3.05) is 5.32 Å². The van der Waals surface area contributed by atoms with Gasteiger partial charge in [-0.05, 0) is 36.4 Å². The Morgan fingerprint density at radius 3 is 2.26 bits per heavy atom. The maximum absolute atomic E-state index is 12.8. The first-order valence-electron chi connectivity index (χ1n) is 5.53. The van der Waals surface area contributed by atoms with Crippen LogP contribution in [0.3, 0.4) is 0 Å². The normalized spacial score (nSPS) is 9.95. The molecule has 4 nitrogen and oxygen atoms in total. The van der Waals surface area contributed by atoms with Gasteiger partial charge in [0.2, 0.25) is 0 Å². The summed E-state index contributed by atoms with van der Waals surface area (Å²) in [6.07, 6.45) is 0. The largest absolute Gasteiger partial charge is 0.366 e. The number of nitrogens with two attached hydrogens (primary N) is 1. The van der Waals surface area contributed by atoms with Gasteiger partial charge >= 0.3 is 0 Å². The van der Waals surface area contributed by atoms with Crippen molar-refractivity contribution in [2.45, 2.75) is 0 Å². The fourth-order valence-electron chi connectivity index (χ4n) is 1.60. The number of hydrogen-bond acceptors (Lipinski definition) is 2. The van der Waals surface area contributed by atoms with Crippen molar-refractivity contribution < 1.29 is 14.0 Å². The number of nitrogens with one attached hydrogen (secondary N) is 1. The Bertz CT molecular complexity index is 624. The fourth-order valence-corrected chi connectivity index (χ4v) is 1.60. The molecule has 2 amide bonds. The van der Waals surface area contributed by atoms with E-state index in [2.05, 4.69) is 5.32 Å². The van der Waals surface area contributed by atoms with Crippen molar-refractivity contribution in [3.8, 4) is 0 Å². The molecule has 0 spiro atoms. The minimum Gasteiger partial charge on any atom is -0.366 e. The van der Waals surface area contributed by atoms with E-state index >= 15 is 0 Å². The van der Waals surface area contributed by atoms with E-state index in [1.54, 1.807) is 18.2 Å². The van der Waals surface area contributed by atoms with Gasteiger partial charge in [-0.1, -0.05) is 12.1 Å². The van der Waals surface area contributed by atoms with Gasteiger partial charge in [-0.25, -0.2) is 4.39 Å². The smallest absolute Gasteiger partial charge is 0.255 e. The molecule has 0 heterocycles. The molecule has 2 aromatic carbocycles. The summed E-state index contributed by atoms with van der Waals surface area (Å²) in [5.41, 5.74) is 6.05. The quantitative estimate of drug-likeness (QED) is 0.885. The lowest BCUT2D eigenvalue weighted by Gasteiger charge is -2.08. The highest BCUT2D eigenvalue weighted by molar-refractivity contribution is 6.08. The number of carbonyl (C=O) groups is 2. The first kappa shape index (κ1) is 12.8. The van der Waals surface area contributed by atoms with Crippen LogP contribution >= 0.6 is 0 Å². The molecule has 0 saturated carbocycles. The monoisotopic (exact) mass is 258 g/mol. The number of amides is 2. The highest BCUT2D eigenvalue weighted by Gasteiger charge is 2.11. The minimum absolute atomic E-state index is 0.220. The van der Waals surface area contributed by atoms with Gasteiger partial charge in [-0.2, -0.15) is 0 Å². The van der Waals surface area contributed by atoms with Gasteiger partial charge in [-0.3, -0.25) is 9.59 Å². The second kappa shape index (κ2) is 5.30. The van der Waals surface area contributed by atoms with Gasteiger partial charge < -0.3 is 11.1 Å². The third kappa shape index (κ3) is 2.95. The lowest BCUT2D eigenvalue weighted by Crippen LogP contribution is -2.18. The van der Waals surface area contributed by atoms with Gasteiger partial charge in [-0.15, -0.1) is 0 Å². The lowest BCUT2D eigenvalue weighted by molar-refractivity contribution is 0.100. The molecule has 0 unspecified atom stereocenters. The van der Waals surface area contributed by atoms with E-state index in [1.807, 2.05) is 0 Å². The Labute approximate surface area is 109 Å². The number of carbonyl (C=O) groups excluding carboxylic acids is 2. The predicted octanol–water partition coefficient (Wildman–Crippen LogP) is 2.18. The number of anilines is 1. The molecular formula is C14H11FN2O2. The predicted molar refractivity (Wildman–Crippen MR) is 69.3 cm³/mol. The van der Waals surface area contributed by atoms with Gasteiger partial charge in [0.1, 0.15) is 5.82 Å². The Morgan fingerprint density at radius 1 is 1.00 bits per heavy atom. The molecule has 0 bridgehead atoms. The molecule has 3 N–H and O–H groups in total. The van der Waals surface area contributed by atoms with Crippen LogP contribution in [-0.2, 0) is 0 Å². The molecular weight excluding hydrogens is 247 g/mol. The third-order valence-electron chi connectivity index (χ3n) is 2.55. The van der Waals surface area contributed by atoms with Crippen LogP contribution in [0.4, 0.5) is 10.1 Å². The summed E-state index contributed by atoms with van der Waals surface area (Å²) >= 11 is 0. The Morgan fingerprint density at radius 2 is 1.63 bits per heavy atom. The van der Waals surface area contributed by atoms with E-state index < -0.39 is 17.6 Å². The van der Waals surface area contributed by atoms with E-state index in [1.165, 1.54) is 30.3 Å². The van der Waals surface area contributed by atoms with Crippen LogP contribution in [0.2, 0.25) is 0 Å². The summed E-state index contributed by atoms with van der Waals surface area (Å²) < 4.78 is 12.8. The van der Waals surface area contributed by atoms with E-state index in [0.29, 0.717) is 11.3 Å². The molecule has 0 aliphatic rings. The first-order chi connectivity index (χ1) is 9.08. The number of primary amides is 1. The average molecular weight is 258 g/mol. The van der Waals surface area contributed by atoms with E-state index in [4.69, 9.17) is 5.73 Å². The summed E-state index contributed by atoms with van der Waals surface area (Å²) in [6, 6.07) is 11.5. The van der Waals surface area contributed by atoms with E-state index in [-0.39, 0.29) is 5.56 Å². The molecule has 2 aromatic rings. The van der Waals surface area contributed by atoms with Gasteiger partial charge in [0, 0.05) is 5.56 Å². The van der Waals surface area contributed by atoms with Crippen LogP contribution in [0.25, 0.3) is 0 Å². The van der Waals surface area contributed by atoms with Crippen LogP contribution in [0.1, 0.15) is 20.7 Å². The summed E-state index contributed by atoms with van der Waals surface area (Å²) in [4.78, 5) is 23.1. The number of benzene rings is 2. The summed E-state index contributed by atoms with van der Waals surface area (Å²) in [6.45, 7) is 0. The van der Waals surface area contributed by atoms with Crippen LogP contribution in [0.15, 0.2) is 48.5 Å². The fraction of sp³-hybridized carbons (Fsp3) is 0. The molecule has 0 saturated heterocycles. The first-order valence-corrected chi connectivity index (χ1v) is 5.53. The second-order valence-corrected chi connectivity index (χ2v) is 3.87. The molecule has 5 heteroatoms. The molecule has 0 aliphatic heterocycles. The van der Waals surface area contributed by atoms with Gasteiger partial charge in [0.05, 0.1) is 11.3 Å². The topological polar surface area (TPSA) is 72.2 Å². The highest BCUT2D eigenvalue weighted by Crippen LogP contribution is 2.15. The summed E-state index contributed by atoms with van der Waals surface area (Å²) in [5.74, 6) is -1.49. The zero-order chi connectivity index (χ0) is 13.8. The molecule has 0 radical (unpaired) electrons. The Balaban J connectivity index is 2.24. The van der Waals surface area contributed by atoms with Crippen molar-refractivity contribution >= 4 is 17.5 Å². The molecule has 19 heavy (non-hydrogen) atoms. The minimum atomic E-state index is -0.630. The van der Waals surface area contributed by atoms with Crippen molar-refractivity contribution in [3.63, 3.8) is 0 Å². The highest BCUT2D eigenvalue weighted by atomic mass is 19.1. The standard InChI is InChI=1S/C14H11FN2O2/c15-10-7-5-9(6-8-10)14(19)17-12-4-2-1-3-11(12)13(16)18/h1-8H,(H2,16,18)(H,17,19). The van der Waals surface area contributed by atoms with Crippen LogP contribution in [-0.4, -0.2) is 11.8 Å². The third-order valence-corrected chi connectivity index (χ3v) is 2.55. The van der Waals surface area contributed by atoms with Crippen molar-refractivity contribution in [1.82, 2.24) is 0 Å². The van der Waals surface area contributed by atoms with Crippen LogP contribution < -0.4 is 11.1 Å². The van der Waals surface area contributed by atoms with Crippen molar-refractivity contribution in [1.29, 1.82) is 0 Å². The zero-order valence-corrected chi connectivity index (χ0v) is 9.89. The maximum atomic E-state index is 12.8. The molecule has 0 aliphatic carbocycles. The van der Waals surface area contributed by atoms with Crippen molar-refractivity contribution in [2.24, 2.45) is 5.73 Å². The number of rotatable bonds is 3. The molecule has 0 aromatic heterocycles. The number of para-hydroxylation sites is 1. The van der Waals surface area contributed by atoms with Gasteiger partial charge in [0.15, 0.2) is 0 Å². The van der Waals surface area contributed by atoms with Crippen LogP contribution in [0.5, 0.6) is 0 Å². The van der Waals surface area contributed by atoms with E-state index in [0.717, 1.165) is 0 Å². The summed E-state index contributed by atoms with van der Waals surface area (Å²) in [5, 5.41) is 2.57. The zero-order valence-electron chi connectivity index (χ0n) is 9.89. The van der Waals surface area contributed by atoms with Crippen LogP contribution in [0, 0.1) is 5.82 Å². The van der Waals surface area contributed by atoms with Crippen molar-refractivity contribution in [3.05, 3.63) is 65.5 Å². The van der Waals surface area contributed by atoms with Gasteiger partial charge in [0.25, 0.3) is 11.8 Å². The van der Waals surface area contributed by atoms with E-state index in [9.17, 15) is 14.0 Å². The Hall–Kier alpha value is -2.69. The lowest BCUT2D eigenvalue weighted by atomic mass is 10.1. The molecule has 96 valence electrons. The summed E-state index contributed by atoms with van der Waals surface area (Å²) in [7, 11) is 0. The molecule has 0 fully saturated rings. The SMILES string of the molecule is NC(=O)c1ccccc1NC(=O)c1ccc(F)cc1. The Kier molecular flexibility index (Phi) is 3.56. The number of hydrogen-bond donors (Lipinski definition) is 2. The second-order valence-electron chi connectivity index (χ2n) is 3.87. The molecule has 2 rings (SSSR count). The average Bonchev–Trinajstić information content (AvgIpc) is 2.39.